The maximum atomic E-state index is 11.4. The minimum absolute atomic E-state index is 0.119. The first kappa shape index (κ1) is 14.7. The number of nitrogens with one attached hydrogen (secondary N) is 1. The molecule has 0 saturated heterocycles. The van der Waals surface area contributed by atoms with Crippen molar-refractivity contribution in [1.82, 2.24) is 0 Å². The highest BCUT2D eigenvalue weighted by Crippen LogP contribution is 2.24. The first-order valence-electron chi connectivity index (χ1n) is 5.00. The molecule has 6 nitrogen and oxygen atoms in total. The van der Waals surface area contributed by atoms with Crippen LogP contribution in [0.25, 0.3) is 0 Å². The van der Waals surface area contributed by atoms with E-state index in [9.17, 15) is 13.2 Å². The molecule has 0 aliphatic heterocycles. The number of benzene rings is 1. The summed E-state index contributed by atoms with van der Waals surface area (Å²) >= 11 is 5.82. The van der Waals surface area contributed by atoms with Gasteiger partial charge in [0, 0.05) is 0 Å². The highest BCUT2D eigenvalue weighted by Gasteiger charge is 2.13. The second-order valence-electron chi connectivity index (χ2n) is 3.77. The van der Waals surface area contributed by atoms with Gasteiger partial charge < -0.3 is 4.74 Å². The molecule has 3 N–H and O–H groups in total. The number of nitrogens with two attached hydrogens (primary N) is 1. The molecular weight excluding hydrogens is 280 g/mol. The van der Waals surface area contributed by atoms with Crippen LogP contribution >= 0.6 is 11.6 Å². The summed E-state index contributed by atoms with van der Waals surface area (Å²) in [4.78, 5) is 11.2. The maximum absolute atomic E-state index is 11.4. The quantitative estimate of drug-likeness (QED) is 0.889. The van der Waals surface area contributed by atoms with Crippen molar-refractivity contribution in [1.29, 1.82) is 0 Å². The topological polar surface area (TPSA) is 98.5 Å². The number of primary sulfonamides is 1. The summed E-state index contributed by atoms with van der Waals surface area (Å²) in [7, 11) is -3.85. The van der Waals surface area contributed by atoms with Gasteiger partial charge in [-0.3, -0.25) is 5.32 Å². The molecule has 1 aromatic carbocycles. The fourth-order valence-electron chi connectivity index (χ4n) is 1.13. The summed E-state index contributed by atoms with van der Waals surface area (Å²) in [5.74, 6) is 0. The standard InChI is InChI=1S/C10H13ClN2O4S/c1-6(2)17-10(14)13-9-5-7(18(12,15)16)3-4-8(9)11/h3-6H,1-2H3,(H,13,14)(H2,12,15,16). The normalized spacial score (nSPS) is 11.4. The Morgan fingerprint density at radius 3 is 2.56 bits per heavy atom. The zero-order chi connectivity index (χ0) is 13.9. The van der Waals surface area contributed by atoms with Crippen molar-refractivity contribution in [3.8, 4) is 0 Å². The van der Waals surface area contributed by atoms with Crippen molar-refractivity contribution in [2.24, 2.45) is 5.14 Å². The first-order chi connectivity index (χ1) is 8.20. The summed E-state index contributed by atoms with van der Waals surface area (Å²) in [6.07, 6.45) is -1.02. The number of carbonyl (C=O) groups is 1. The molecule has 0 aliphatic rings. The number of sulfonamides is 1. The van der Waals surface area contributed by atoms with Gasteiger partial charge in [-0.05, 0) is 32.0 Å². The monoisotopic (exact) mass is 292 g/mol. The van der Waals surface area contributed by atoms with Gasteiger partial charge in [-0.2, -0.15) is 0 Å². The highest BCUT2D eigenvalue weighted by molar-refractivity contribution is 7.89. The Hall–Kier alpha value is -1.31. The Kier molecular flexibility index (Phi) is 4.55. The van der Waals surface area contributed by atoms with E-state index < -0.39 is 16.1 Å². The lowest BCUT2D eigenvalue weighted by Crippen LogP contribution is -2.19. The molecule has 8 heteroatoms. The molecule has 0 bridgehead atoms. The Balaban J connectivity index is 2.99. The van der Waals surface area contributed by atoms with Gasteiger partial charge >= 0.3 is 6.09 Å². The number of carbonyl (C=O) groups excluding carboxylic acids is 1. The summed E-state index contributed by atoms with van der Waals surface area (Å²) in [5.41, 5.74) is 0.119. The third-order valence-electron chi connectivity index (χ3n) is 1.85. The van der Waals surface area contributed by atoms with E-state index in [1.54, 1.807) is 13.8 Å². The van der Waals surface area contributed by atoms with E-state index in [1.165, 1.54) is 18.2 Å². The van der Waals surface area contributed by atoms with E-state index in [0.717, 1.165) is 0 Å². The van der Waals surface area contributed by atoms with E-state index in [4.69, 9.17) is 21.5 Å². The smallest absolute Gasteiger partial charge is 0.411 e. The highest BCUT2D eigenvalue weighted by atomic mass is 35.5. The molecule has 0 spiro atoms. The van der Waals surface area contributed by atoms with Crippen LogP contribution in [0.5, 0.6) is 0 Å². The average molecular weight is 293 g/mol. The Morgan fingerprint density at radius 1 is 1.44 bits per heavy atom. The van der Waals surface area contributed by atoms with Gasteiger partial charge in [-0.15, -0.1) is 0 Å². The van der Waals surface area contributed by atoms with Crippen molar-refractivity contribution in [3.05, 3.63) is 23.2 Å². The summed E-state index contributed by atoms with van der Waals surface area (Å²) in [6, 6.07) is 3.74. The summed E-state index contributed by atoms with van der Waals surface area (Å²) < 4.78 is 27.1. The van der Waals surface area contributed by atoms with E-state index in [2.05, 4.69) is 5.32 Å². The van der Waals surface area contributed by atoms with Crippen molar-refractivity contribution < 1.29 is 17.9 Å². The lowest BCUT2D eigenvalue weighted by Gasteiger charge is -2.11. The first-order valence-corrected chi connectivity index (χ1v) is 6.92. The zero-order valence-corrected chi connectivity index (χ0v) is 11.4. The molecule has 0 aromatic heterocycles. The minimum atomic E-state index is -3.85. The van der Waals surface area contributed by atoms with E-state index in [1.807, 2.05) is 0 Å². The van der Waals surface area contributed by atoms with Crippen LogP contribution in [0.4, 0.5) is 10.5 Å². The fraction of sp³-hybridized carbons (Fsp3) is 0.300. The number of rotatable bonds is 3. The molecule has 0 fully saturated rings. The van der Waals surface area contributed by atoms with Gasteiger partial charge in [-0.1, -0.05) is 11.6 Å². The van der Waals surface area contributed by atoms with E-state index >= 15 is 0 Å². The molecule has 0 radical (unpaired) electrons. The molecular formula is C10H13ClN2O4S. The van der Waals surface area contributed by atoms with Crippen LogP contribution in [-0.4, -0.2) is 20.6 Å². The predicted molar refractivity (Wildman–Crippen MR) is 68.1 cm³/mol. The second kappa shape index (κ2) is 5.55. The average Bonchev–Trinajstić information content (AvgIpc) is 2.18. The van der Waals surface area contributed by atoms with Gasteiger partial charge in [0.1, 0.15) is 0 Å². The zero-order valence-electron chi connectivity index (χ0n) is 9.81. The maximum Gasteiger partial charge on any atom is 0.411 e. The molecule has 100 valence electrons. The Morgan fingerprint density at radius 2 is 2.06 bits per heavy atom. The van der Waals surface area contributed by atoms with Crippen molar-refractivity contribution >= 4 is 33.4 Å². The Labute approximate surface area is 110 Å². The lowest BCUT2D eigenvalue weighted by atomic mass is 10.3. The molecule has 1 rings (SSSR count). The van der Waals surface area contributed by atoms with Crippen LogP contribution in [0, 0.1) is 0 Å². The molecule has 1 amide bonds. The molecule has 0 heterocycles. The van der Waals surface area contributed by atoms with Gasteiger partial charge in [0.05, 0.1) is 21.7 Å². The van der Waals surface area contributed by atoms with Crippen molar-refractivity contribution in [2.45, 2.75) is 24.8 Å². The van der Waals surface area contributed by atoms with Crippen LogP contribution in [0.15, 0.2) is 23.1 Å². The molecule has 0 unspecified atom stereocenters. The van der Waals surface area contributed by atoms with Crippen molar-refractivity contribution in [3.63, 3.8) is 0 Å². The van der Waals surface area contributed by atoms with E-state index in [0.29, 0.717) is 0 Å². The number of hydrogen-bond donors (Lipinski definition) is 2. The van der Waals surface area contributed by atoms with E-state index in [-0.39, 0.29) is 21.7 Å². The molecule has 0 aliphatic carbocycles. The largest absolute Gasteiger partial charge is 0.447 e. The third-order valence-corrected chi connectivity index (χ3v) is 3.09. The van der Waals surface area contributed by atoms with Crippen LogP contribution < -0.4 is 10.5 Å². The number of halogens is 1. The molecule has 0 atom stereocenters. The van der Waals surface area contributed by atoms with Crippen LogP contribution in [0.3, 0.4) is 0 Å². The number of anilines is 1. The second-order valence-corrected chi connectivity index (χ2v) is 5.73. The minimum Gasteiger partial charge on any atom is -0.447 e. The van der Waals surface area contributed by atoms with Gasteiger partial charge in [-0.25, -0.2) is 18.4 Å². The third kappa shape index (κ3) is 4.17. The molecule has 0 saturated carbocycles. The lowest BCUT2D eigenvalue weighted by molar-refractivity contribution is 0.130. The van der Waals surface area contributed by atoms with Crippen LogP contribution in [0.2, 0.25) is 5.02 Å². The number of hydrogen-bond acceptors (Lipinski definition) is 4. The van der Waals surface area contributed by atoms with Crippen LogP contribution in [-0.2, 0) is 14.8 Å². The summed E-state index contributed by atoms with van der Waals surface area (Å²) in [6.45, 7) is 3.36. The van der Waals surface area contributed by atoms with Gasteiger partial charge in [0.2, 0.25) is 10.0 Å². The number of amides is 1. The Bertz CT molecular complexity index is 557. The SMILES string of the molecule is CC(C)OC(=O)Nc1cc(S(N)(=O)=O)ccc1Cl. The van der Waals surface area contributed by atoms with Gasteiger partial charge in [0.15, 0.2) is 0 Å². The molecule has 1 aromatic rings. The predicted octanol–water partition coefficient (Wildman–Crippen LogP) is 1.94. The molecule has 18 heavy (non-hydrogen) atoms. The van der Waals surface area contributed by atoms with Crippen molar-refractivity contribution in [2.75, 3.05) is 5.32 Å². The number of ether oxygens (including phenoxy) is 1. The van der Waals surface area contributed by atoms with Crippen LogP contribution in [0.1, 0.15) is 13.8 Å². The van der Waals surface area contributed by atoms with Gasteiger partial charge in [0.25, 0.3) is 0 Å². The summed E-state index contributed by atoms with van der Waals surface area (Å²) in [5, 5.41) is 7.50. The fourth-order valence-corrected chi connectivity index (χ4v) is 1.84.